The minimum Gasteiger partial charge on any atom is -0.389 e. The zero-order chi connectivity index (χ0) is 21.7. The minimum absolute atomic E-state index is 0.399. The monoisotopic (exact) mass is 436 g/mol. The van der Waals surface area contributed by atoms with Crippen LogP contribution in [-0.2, 0) is 20.6 Å². The zero-order valence-corrected chi connectivity index (χ0v) is 18.7. The second-order valence-corrected chi connectivity index (χ2v) is 11.3. The van der Waals surface area contributed by atoms with E-state index >= 15 is 0 Å². The normalized spacial score (nSPS) is 20.2. The van der Waals surface area contributed by atoms with Crippen molar-refractivity contribution in [2.45, 2.75) is 37.3 Å². The number of ether oxygens (including phenoxy) is 2. The van der Waals surface area contributed by atoms with Crippen LogP contribution >= 0.6 is 7.14 Å². The summed E-state index contributed by atoms with van der Waals surface area (Å²) < 4.78 is 26.3. The van der Waals surface area contributed by atoms with Crippen LogP contribution in [0.25, 0.3) is 0 Å². The van der Waals surface area contributed by atoms with Gasteiger partial charge >= 0.3 is 0 Å². The number of aliphatic hydroxyl groups excluding tert-OH is 1. The molecule has 0 spiro atoms. The second kappa shape index (κ2) is 9.50. The van der Waals surface area contributed by atoms with Crippen molar-refractivity contribution >= 4 is 17.8 Å². The molecule has 1 aliphatic heterocycles. The molecule has 1 aliphatic rings. The Morgan fingerprint density at radius 3 is 1.90 bits per heavy atom. The Morgan fingerprint density at radius 2 is 1.42 bits per heavy atom. The van der Waals surface area contributed by atoms with Crippen molar-refractivity contribution in [1.82, 2.24) is 0 Å². The Balaban J connectivity index is 1.63. The molecule has 4 nitrogen and oxygen atoms in total. The number of epoxide rings is 1. The van der Waals surface area contributed by atoms with Gasteiger partial charge in [0.25, 0.3) is 0 Å². The molecule has 1 heterocycles. The number of aliphatic hydroxyl groups is 1. The third-order valence-electron chi connectivity index (χ3n) is 6.01. The highest BCUT2D eigenvalue weighted by Crippen LogP contribution is 2.54. The average Bonchev–Trinajstić information content (AvgIpc) is 3.58. The number of benzene rings is 3. The number of rotatable bonds is 10. The van der Waals surface area contributed by atoms with E-state index in [1.165, 1.54) is 0 Å². The first-order valence-electron chi connectivity index (χ1n) is 10.7. The average molecular weight is 436 g/mol. The maximum Gasteiger partial charge on any atom is 0.148 e. The predicted molar refractivity (Wildman–Crippen MR) is 125 cm³/mol. The van der Waals surface area contributed by atoms with E-state index < -0.39 is 24.5 Å². The molecule has 162 valence electrons. The molecular formula is C26H29O4P. The molecule has 1 saturated heterocycles. The van der Waals surface area contributed by atoms with Crippen LogP contribution in [-0.4, -0.2) is 35.7 Å². The smallest absolute Gasteiger partial charge is 0.148 e. The topological polar surface area (TPSA) is 59.1 Å². The van der Waals surface area contributed by atoms with Crippen LogP contribution in [0.5, 0.6) is 0 Å². The summed E-state index contributed by atoms with van der Waals surface area (Å²) >= 11 is 0. The summed E-state index contributed by atoms with van der Waals surface area (Å²) in [4.78, 5) is 0. The van der Waals surface area contributed by atoms with Crippen LogP contribution in [0.2, 0.25) is 0 Å². The molecule has 31 heavy (non-hydrogen) atoms. The molecule has 3 aromatic rings. The number of hydrogen-bond acceptors (Lipinski definition) is 4. The highest BCUT2D eigenvalue weighted by Gasteiger charge is 2.54. The van der Waals surface area contributed by atoms with Gasteiger partial charge in [-0.3, -0.25) is 0 Å². The van der Waals surface area contributed by atoms with E-state index in [4.69, 9.17) is 9.47 Å². The highest BCUT2D eigenvalue weighted by atomic mass is 31.2. The summed E-state index contributed by atoms with van der Waals surface area (Å²) in [6.45, 7) is 3.24. The van der Waals surface area contributed by atoms with Gasteiger partial charge < -0.3 is 19.1 Å². The SMILES string of the molecule is C[C@@]1([C@H](O)[C@@H](CCOCc2ccccc2)P(=O)(c2ccccc2)c2ccccc2)CO1. The summed E-state index contributed by atoms with van der Waals surface area (Å²) in [5, 5.41) is 12.8. The van der Waals surface area contributed by atoms with Gasteiger partial charge in [-0.1, -0.05) is 91.0 Å². The second-order valence-electron chi connectivity index (χ2n) is 8.27. The van der Waals surface area contributed by atoms with Gasteiger partial charge in [-0.2, -0.15) is 0 Å². The lowest BCUT2D eigenvalue weighted by molar-refractivity contribution is 0.0608. The van der Waals surface area contributed by atoms with E-state index in [9.17, 15) is 9.67 Å². The van der Waals surface area contributed by atoms with Crippen molar-refractivity contribution in [3.8, 4) is 0 Å². The first-order valence-corrected chi connectivity index (χ1v) is 12.5. The summed E-state index contributed by atoms with van der Waals surface area (Å²) in [6.07, 6.45) is -0.396. The van der Waals surface area contributed by atoms with Crippen molar-refractivity contribution in [1.29, 1.82) is 0 Å². The van der Waals surface area contributed by atoms with Gasteiger partial charge in [-0.25, -0.2) is 0 Å². The van der Waals surface area contributed by atoms with Crippen LogP contribution in [0.3, 0.4) is 0 Å². The Labute approximate surface area is 184 Å². The van der Waals surface area contributed by atoms with Gasteiger partial charge in [0, 0.05) is 17.2 Å². The Kier molecular flexibility index (Phi) is 6.74. The van der Waals surface area contributed by atoms with Gasteiger partial charge in [0.1, 0.15) is 12.7 Å². The van der Waals surface area contributed by atoms with Crippen LogP contribution in [0.1, 0.15) is 18.9 Å². The third-order valence-corrected chi connectivity index (χ3v) is 9.61. The molecule has 5 heteroatoms. The Morgan fingerprint density at radius 1 is 0.935 bits per heavy atom. The molecule has 3 atom stereocenters. The summed E-state index contributed by atoms with van der Waals surface area (Å²) in [6, 6.07) is 29.0. The molecule has 0 radical (unpaired) electrons. The summed E-state index contributed by atoms with van der Waals surface area (Å²) in [7, 11) is -3.17. The van der Waals surface area contributed by atoms with Crippen LogP contribution in [0, 0.1) is 0 Å². The fourth-order valence-electron chi connectivity index (χ4n) is 4.03. The first kappa shape index (κ1) is 22.0. The van der Waals surface area contributed by atoms with Crippen LogP contribution < -0.4 is 10.6 Å². The lowest BCUT2D eigenvalue weighted by Crippen LogP contribution is -2.43. The Hall–Kier alpha value is -2.23. The summed E-state index contributed by atoms with van der Waals surface area (Å²) in [5.74, 6) is 0. The maximum absolute atomic E-state index is 14.8. The van der Waals surface area contributed by atoms with E-state index in [1.54, 1.807) is 0 Å². The molecule has 4 rings (SSSR count). The van der Waals surface area contributed by atoms with E-state index in [-0.39, 0.29) is 0 Å². The zero-order valence-electron chi connectivity index (χ0n) is 17.8. The molecular weight excluding hydrogens is 407 g/mol. The molecule has 0 saturated carbocycles. The molecule has 3 aromatic carbocycles. The molecule has 1 fully saturated rings. The molecule has 0 bridgehead atoms. The standard InChI is InChI=1S/C26H29O4P/c1-26(20-30-26)25(27)24(17-18-29-19-21-11-5-2-6-12-21)31(28,22-13-7-3-8-14-22)23-15-9-4-10-16-23/h2-16,24-25,27H,17-20H2,1H3/t24-,25-,26+/m1/s1. The highest BCUT2D eigenvalue weighted by molar-refractivity contribution is 7.79. The molecule has 0 unspecified atom stereocenters. The van der Waals surface area contributed by atoms with Gasteiger partial charge in [-0.15, -0.1) is 0 Å². The van der Waals surface area contributed by atoms with Crippen molar-refractivity contribution in [2.75, 3.05) is 13.2 Å². The first-order chi connectivity index (χ1) is 15.0. The third kappa shape index (κ3) is 4.83. The molecule has 0 aliphatic carbocycles. The van der Waals surface area contributed by atoms with E-state index in [0.29, 0.717) is 26.2 Å². The van der Waals surface area contributed by atoms with Gasteiger partial charge in [-0.05, 0) is 18.9 Å². The maximum atomic E-state index is 14.8. The van der Waals surface area contributed by atoms with Crippen molar-refractivity contribution < 1.29 is 19.1 Å². The van der Waals surface area contributed by atoms with Gasteiger partial charge in [0.2, 0.25) is 0 Å². The summed E-state index contributed by atoms with van der Waals surface area (Å²) in [5.41, 5.74) is -0.0875. The molecule has 0 aromatic heterocycles. The largest absolute Gasteiger partial charge is 0.389 e. The number of hydrogen-bond donors (Lipinski definition) is 1. The van der Waals surface area contributed by atoms with Crippen LogP contribution in [0.4, 0.5) is 0 Å². The fraction of sp³-hybridized carbons (Fsp3) is 0.308. The van der Waals surface area contributed by atoms with Crippen LogP contribution in [0.15, 0.2) is 91.0 Å². The predicted octanol–water partition coefficient (Wildman–Crippen LogP) is 4.13. The Bertz CT molecular complexity index is 960. The van der Waals surface area contributed by atoms with Crippen molar-refractivity contribution in [3.63, 3.8) is 0 Å². The molecule has 0 amide bonds. The van der Waals surface area contributed by atoms with E-state index in [2.05, 4.69) is 0 Å². The van der Waals surface area contributed by atoms with E-state index in [0.717, 1.165) is 16.2 Å². The lowest BCUT2D eigenvalue weighted by Gasteiger charge is -2.34. The van der Waals surface area contributed by atoms with Gasteiger partial charge in [0.15, 0.2) is 0 Å². The quantitative estimate of drug-likeness (QED) is 0.295. The molecule has 1 N–H and O–H groups in total. The fourth-order valence-corrected chi connectivity index (χ4v) is 7.51. The minimum atomic E-state index is -3.17. The van der Waals surface area contributed by atoms with Crippen molar-refractivity contribution in [3.05, 3.63) is 96.6 Å². The van der Waals surface area contributed by atoms with Crippen molar-refractivity contribution in [2.24, 2.45) is 0 Å². The van der Waals surface area contributed by atoms with E-state index in [1.807, 2.05) is 97.9 Å². The van der Waals surface area contributed by atoms with Gasteiger partial charge in [0.05, 0.1) is 25.0 Å². The lowest BCUT2D eigenvalue weighted by atomic mass is 10.0.